The number of hydrogen-bond acceptors (Lipinski definition) is 4. The summed E-state index contributed by atoms with van der Waals surface area (Å²) in [4.78, 5) is 20.9. The van der Waals surface area contributed by atoms with Crippen LogP contribution in [0.3, 0.4) is 0 Å². The van der Waals surface area contributed by atoms with E-state index < -0.39 is 28.8 Å². The number of nitro groups is 1. The van der Waals surface area contributed by atoms with Gasteiger partial charge >= 0.3 is 5.97 Å². The van der Waals surface area contributed by atoms with Gasteiger partial charge in [-0.1, -0.05) is 15.9 Å². The van der Waals surface area contributed by atoms with Gasteiger partial charge in [-0.2, -0.15) is 0 Å². The first kappa shape index (κ1) is 12.6. The zero-order valence-electron chi connectivity index (χ0n) is 8.20. The van der Waals surface area contributed by atoms with Gasteiger partial charge in [0.05, 0.1) is 24.0 Å². The summed E-state index contributed by atoms with van der Waals surface area (Å²) in [7, 11) is 1.13. The molecule has 0 saturated heterocycles. The van der Waals surface area contributed by atoms with Gasteiger partial charge in [0.15, 0.2) is 0 Å². The van der Waals surface area contributed by atoms with Crippen LogP contribution in [0.25, 0.3) is 0 Å². The molecule has 0 fully saturated rings. The van der Waals surface area contributed by atoms with Crippen LogP contribution in [0.2, 0.25) is 0 Å². The normalized spacial score (nSPS) is 9.94. The second-order valence-corrected chi connectivity index (χ2v) is 3.81. The monoisotopic (exact) mass is 291 g/mol. The van der Waals surface area contributed by atoms with E-state index in [1.165, 1.54) is 0 Å². The number of esters is 1. The van der Waals surface area contributed by atoms with Gasteiger partial charge in [0.1, 0.15) is 5.82 Å². The molecule has 1 rings (SSSR count). The van der Waals surface area contributed by atoms with Gasteiger partial charge in [-0.15, -0.1) is 0 Å². The Bertz CT molecular complexity index is 449. The lowest BCUT2D eigenvalue weighted by molar-refractivity contribution is -0.385. The molecule has 0 heterocycles. The van der Waals surface area contributed by atoms with Crippen molar-refractivity contribution in [3.63, 3.8) is 0 Å². The molecule has 86 valence electrons. The van der Waals surface area contributed by atoms with Crippen LogP contribution < -0.4 is 0 Å². The van der Waals surface area contributed by atoms with E-state index in [0.717, 1.165) is 19.2 Å². The highest BCUT2D eigenvalue weighted by Gasteiger charge is 2.22. The molecule has 0 N–H and O–H groups in total. The average Bonchev–Trinajstić information content (AvgIpc) is 2.20. The Hall–Kier alpha value is -1.50. The SMILES string of the molecule is COC(=O)Cc1c(F)cc(Br)cc1[N+](=O)[O-]. The van der Waals surface area contributed by atoms with E-state index in [-0.39, 0.29) is 10.0 Å². The van der Waals surface area contributed by atoms with Crippen LogP contribution in [-0.2, 0) is 16.0 Å². The van der Waals surface area contributed by atoms with Crippen LogP contribution in [0.4, 0.5) is 10.1 Å². The number of nitro benzene ring substituents is 1. The number of benzene rings is 1. The maximum atomic E-state index is 13.4. The molecule has 0 bridgehead atoms. The summed E-state index contributed by atoms with van der Waals surface area (Å²) in [6.07, 6.45) is -0.466. The Kier molecular flexibility index (Phi) is 3.94. The number of carbonyl (C=O) groups is 1. The maximum Gasteiger partial charge on any atom is 0.310 e. The maximum absolute atomic E-state index is 13.4. The van der Waals surface area contributed by atoms with E-state index in [1.54, 1.807) is 0 Å². The molecule has 0 unspecified atom stereocenters. The third-order valence-electron chi connectivity index (χ3n) is 1.88. The van der Waals surface area contributed by atoms with Gasteiger partial charge in [-0.25, -0.2) is 4.39 Å². The highest BCUT2D eigenvalue weighted by atomic mass is 79.9. The minimum absolute atomic E-state index is 0.241. The molecule has 0 aliphatic carbocycles. The van der Waals surface area contributed by atoms with Crippen molar-refractivity contribution in [2.24, 2.45) is 0 Å². The zero-order valence-corrected chi connectivity index (χ0v) is 9.78. The molecule has 16 heavy (non-hydrogen) atoms. The number of nitrogens with zero attached hydrogens (tertiary/aromatic N) is 1. The molecule has 0 atom stereocenters. The van der Waals surface area contributed by atoms with Crippen molar-refractivity contribution in [1.82, 2.24) is 0 Å². The summed E-state index contributed by atoms with van der Waals surface area (Å²) in [5.41, 5.74) is -0.725. The first-order valence-electron chi connectivity index (χ1n) is 4.15. The van der Waals surface area contributed by atoms with E-state index in [2.05, 4.69) is 20.7 Å². The van der Waals surface area contributed by atoms with Crippen molar-refractivity contribution in [1.29, 1.82) is 0 Å². The van der Waals surface area contributed by atoms with Gasteiger partial charge < -0.3 is 4.74 Å². The van der Waals surface area contributed by atoms with Crippen LogP contribution in [-0.4, -0.2) is 18.0 Å². The van der Waals surface area contributed by atoms with Gasteiger partial charge in [-0.3, -0.25) is 14.9 Å². The lowest BCUT2D eigenvalue weighted by atomic mass is 10.1. The second kappa shape index (κ2) is 5.02. The standard InChI is InChI=1S/C9H7BrFNO4/c1-16-9(13)4-6-7(11)2-5(10)3-8(6)12(14)15/h2-3H,4H2,1H3. The van der Waals surface area contributed by atoms with Gasteiger partial charge in [0.25, 0.3) is 5.69 Å². The summed E-state index contributed by atoms with van der Waals surface area (Å²) in [6.45, 7) is 0. The van der Waals surface area contributed by atoms with Crippen LogP contribution >= 0.6 is 15.9 Å². The van der Waals surface area contributed by atoms with Gasteiger partial charge in [-0.05, 0) is 6.07 Å². The minimum atomic E-state index is -0.813. The van der Waals surface area contributed by atoms with Crippen molar-refractivity contribution >= 4 is 27.6 Å². The Balaban J connectivity index is 3.24. The van der Waals surface area contributed by atoms with E-state index in [0.29, 0.717) is 0 Å². The predicted molar refractivity (Wildman–Crippen MR) is 56.5 cm³/mol. The summed E-state index contributed by atoms with van der Waals surface area (Å²) in [5.74, 6) is -1.55. The Morgan fingerprint density at radius 3 is 2.75 bits per heavy atom. The summed E-state index contributed by atoms with van der Waals surface area (Å²) < 4.78 is 18.0. The first-order chi connectivity index (χ1) is 7.45. The average molecular weight is 292 g/mol. The van der Waals surface area contributed by atoms with Crippen molar-refractivity contribution in [2.75, 3.05) is 7.11 Å². The van der Waals surface area contributed by atoms with E-state index in [9.17, 15) is 19.3 Å². The molecule has 1 aromatic rings. The fourth-order valence-corrected chi connectivity index (χ4v) is 1.56. The fourth-order valence-electron chi connectivity index (χ4n) is 1.14. The van der Waals surface area contributed by atoms with Crippen LogP contribution in [0.15, 0.2) is 16.6 Å². The Morgan fingerprint density at radius 2 is 2.25 bits per heavy atom. The molecule has 1 aromatic carbocycles. The molecule has 0 saturated carbocycles. The molecule has 0 radical (unpaired) electrons. The lowest BCUT2D eigenvalue weighted by Crippen LogP contribution is -2.09. The van der Waals surface area contributed by atoms with Crippen molar-refractivity contribution < 1.29 is 18.8 Å². The second-order valence-electron chi connectivity index (χ2n) is 2.90. The molecule has 0 spiro atoms. The molecule has 0 aliphatic rings. The quantitative estimate of drug-likeness (QED) is 0.486. The molecule has 5 nitrogen and oxygen atoms in total. The molecule has 0 aromatic heterocycles. The Morgan fingerprint density at radius 1 is 1.62 bits per heavy atom. The van der Waals surface area contributed by atoms with E-state index in [1.807, 2.05) is 0 Å². The van der Waals surface area contributed by atoms with E-state index >= 15 is 0 Å². The number of rotatable bonds is 3. The fraction of sp³-hybridized carbons (Fsp3) is 0.222. The number of methoxy groups -OCH3 is 1. The summed E-state index contributed by atoms with van der Waals surface area (Å²) in [6, 6.07) is 2.20. The van der Waals surface area contributed by atoms with Crippen molar-refractivity contribution in [3.05, 3.63) is 38.1 Å². The summed E-state index contributed by atoms with van der Waals surface area (Å²) >= 11 is 2.94. The molecule has 0 amide bonds. The van der Waals surface area contributed by atoms with E-state index in [4.69, 9.17) is 0 Å². The molecule has 7 heteroatoms. The van der Waals surface area contributed by atoms with Gasteiger partial charge in [0, 0.05) is 10.5 Å². The van der Waals surface area contributed by atoms with Crippen LogP contribution in [0, 0.1) is 15.9 Å². The molecular formula is C9H7BrFNO4. The Labute approximate surface area is 98.5 Å². The third kappa shape index (κ3) is 2.75. The number of ether oxygens (including phenoxy) is 1. The molecular weight excluding hydrogens is 285 g/mol. The van der Waals surface area contributed by atoms with Crippen molar-refractivity contribution in [3.8, 4) is 0 Å². The first-order valence-corrected chi connectivity index (χ1v) is 4.94. The largest absolute Gasteiger partial charge is 0.469 e. The third-order valence-corrected chi connectivity index (χ3v) is 2.34. The highest BCUT2D eigenvalue weighted by molar-refractivity contribution is 9.10. The summed E-state index contributed by atoms with van der Waals surface area (Å²) in [5, 5.41) is 10.7. The number of carbonyl (C=O) groups excluding carboxylic acids is 1. The van der Waals surface area contributed by atoms with Crippen LogP contribution in [0.5, 0.6) is 0 Å². The topological polar surface area (TPSA) is 69.4 Å². The lowest BCUT2D eigenvalue weighted by Gasteiger charge is -2.04. The minimum Gasteiger partial charge on any atom is -0.469 e. The number of halogens is 2. The molecule has 0 aliphatic heterocycles. The van der Waals surface area contributed by atoms with Crippen LogP contribution in [0.1, 0.15) is 5.56 Å². The predicted octanol–water partition coefficient (Wildman–Crippen LogP) is 2.21. The number of hydrogen-bond donors (Lipinski definition) is 0. The van der Waals surface area contributed by atoms with Gasteiger partial charge in [0.2, 0.25) is 0 Å². The smallest absolute Gasteiger partial charge is 0.310 e. The highest BCUT2D eigenvalue weighted by Crippen LogP contribution is 2.27. The van der Waals surface area contributed by atoms with Crippen molar-refractivity contribution in [2.45, 2.75) is 6.42 Å². The zero-order chi connectivity index (χ0) is 12.3.